The molecule has 0 saturated carbocycles. The summed E-state index contributed by atoms with van der Waals surface area (Å²) in [5, 5.41) is 3.90. The minimum atomic E-state index is -0.501. The Hall–Kier alpha value is -3.55. The lowest BCUT2D eigenvalue weighted by Gasteiger charge is -2.13. The molecule has 29 heavy (non-hydrogen) atoms. The molecule has 1 N–H and O–H groups in total. The zero-order valence-corrected chi connectivity index (χ0v) is 17.1. The van der Waals surface area contributed by atoms with Crippen LogP contribution in [0, 0.1) is 13.8 Å². The topological polar surface area (TPSA) is 95.5 Å². The van der Waals surface area contributed by atoms with Crippen molar-refractivity contribution in [1.29, 1.82) is 0 Å². The summed E-state index contributed by atoms with van der Waals surface area (Å²) in [7, 11) is 2.88. The summed E-state index contributed by atoms with van der Waals surface area (Å²) in [5.41, 5.74) is 5.20. The highest BCUT2D eigenvalue weighted by Crippen LogP contribution is 2.38. The largest absolute Gasteiger partial charge is 0.493 e. The highest BCUT2D eigenvalue weighted by molar-refractivity contribution is 5.85. The fourth-order valence-corrected chi connectivity index (χ4v) is 2.38. The number of carbonyl (C=O) groups excluding carboxylic acids is 2. The minimum Gasteiger partial charge on any atom is -0.493 e. The van der Waals surface area contributed by atoms with E-state index in [2.05, 4.69) is 10.5 Å². The molecule has 0 heterocycles. The zero-order chi connectivity index (χ0) is 21.4. The Morgan fingerprint density at radius 3 is 2.24 bits per heavy atom. The van der Waals surface area contributed by atoms with E-state index < -0.39 is 11.9 Å². The van der Waals surface area contributed by atoms with Crippen molar-refractivity contribution < 1.29 is 28.5 Å². The van der Waals surface area contributed by atoms with E-state index in [1.54, 1.807) is 12.1 Å². The van der Waals surface area contributed by atoms with Crippen molar-refractivity contribution >= 4 is 18.1 Å². The molecule has 8 heteroatoms. The molecule has 2 rings (SSSR count). The lowest BCUT2D eigenvalue weighted by Crippen LogP contribution is -2.24. The molecular formula is C21H24N2O6. The molecular weight excluding hydrogens is 376 g/mol. The lowest BCUT2D eigenvalue weighted by atomic mass is 10.1. The third-order valence-electron chi connectivity index (χ3n) is 3.98. The molecule has 2 aromatic carbocycles. The van der Waals surface area contributed by atoms with Crippen molar-refractivity contribution in [3.8, 4) is 23.0 Å². The van der Waals surface area contributed by atoms with Crippen LogP contribution in [0.3, 0.4) is 0 Å². The predicted molar refractivity (Wildman–Crippen MR) is 108 cm³/mol. The van der Waals surface area contributed by atoms with Crippen LogP contribution in [0.4, 0.5) is 0 Å². The van der Waals surface area contributed by atoms with E-state index in [9.17, 15) is 9.59 Å². The molecule has 0 aliphatic carbocycles. The number of ether oxygens (including phenoxy) is 4. The third-order valence-corrected chi connectivity index (χ3v) is 3.98. The predicted octanol–water partition coefficient (Wildman–Crippen LogP) is 2.78. The smallest absolute Gasteiger partial charge is 0.308 e. The fourth-order valence-electron chi connectivity index (χ4n) is 2.38. The van der Waals surface area contributed by atoms with Crippen molar-refractivity contribution in [2.24, 2.45) is 5.10 Å². The second-order valence-electron chi connectivity index (χ2n) is 6.18. The first-order valence-corrected chi connectivity index (χ1v) is 8.80. The van der Waals surface area contributed by atoms with Gasteiger partial charge in [0.1, 0.15) is 5.75 Å². The molecule has 0 radical (unpaired) electrons. The first kappa shape index (κ1) is 21.7. The fraction of sp³-hybridized carbons (Fsp3) is 0.286. The number of amides is 1. The Labute approximate surface area is 169 Å². The Balaban J connectivity index is 2.00. The third kappa shape index (κ3) is 6.24. The number of methoxy groups -OCH3 is 2. The number of hydrazone groups is 1. The molecule has 154 valence electrons. The highest BCUT2D eigenvalue weighted by atomic mass is 16.6. The molecule has 1 amide bonds. The standard InChI is InChI=1S/C21H24N2O6/c1-13-6-7-17(8-14(13)2)28-12-20(25)23-22-11-16-9-18(26-4)21(29-15(3)24)19(10-16)27-5/h6-11H,12H2,1-5H3,(H,23,25)/b22-11-. The molecule has 0 fully saturated rings. The number of nitrogens with one attached hydrogen (secondary N) is 1. The normalized spacial score (nSPS) is 10.5. The average Bonchev–Trinajstić information content (AvgIpc) is 2.69. The molecule has 0 spiro atoms. The van der Waals surface area contributed by atoms with Crippen LogP contribution < -0.4 is 24.4 Å². The van der Waals surface area contributed by atoms with E-state index in [0.717, 1.165) is 11.1 Å². The van der Waals surface area contributed by atoms with Crippen molar-refractivity contribution in [3.63, 3.8) is 0 Å². The summed E-state index contributed by atoms with van der Waals surface area (Å²) in [6, 6.07) is 8.81. The van der Waals surface area contributed by atoms with Crippen molar-refractivity contribution in [2.75, 3.05) is 20.8 Å². The summed E-state index contributed by atoms with van der Waals surface area (Å²) in [5.74, 6) is 0.470. The quantitative estimate of drug-likeness (QED) is 0.317. The Bertz CT molecular complexity index is 898. The van der Waals surface area contributed by atoms with E-state index in [0.29, 0.717) is 22.8 Å². The van der Waals surface area contributed by atoms with Gasteiger partial charge in [-0.25, -0.2) is 5.43 Å². The number of nitrogens with zero attached hydrogens (tertiary/aromatic N) is 1. The molecule has 0 bridgehead atoms. The van der Waals surface area contributed by atoms with Gasteiger partial charge in [-0.1, -0.05) is 6.07 Å². The van der Waals surface area contributed by atoms with Crippen LogP contribution in [0.2, 0.25) is 0 Å². The van der Waals surface area contributed by atoms with Gasteiger partial charge in [0.2, 0.25) is 5.75 Å². The van der Waals surface area contributed by atoms with E-state index in [4.69, 9.17) is 18.9 Å². The first-order chi connectivity index (χ1) is 13.8. The molecule has 0 aliphatic heterocycles. The van der Waals surface area contributed by atoms with Crippen LogP contribution >= 0.6 is 0 Å². The minimum absolute atomic E-state index is 0.169. The molecule has 0 saturated heterocycles. The number of hydrogen-bond acceptors (Lipinski definition) is 7. The van der Waals surface area contributed by atoms with Crippen molar-refractivity contribution in [3.05, 3.63) is 47.0 Å². The average molecular weight is 400 g/mol. The summed E-state index contributed by atoms with van der Waals surface area (Å²) in [4.78, 5) is 23.2. The van der Waals surface area contributed by atoms with Crippen LogP contribution in [0.5, 0.6) is 23.0 Å². The van der Waals surface area contributed by atoms with Gasteiger partial charge in [0, 0.05) is 12.5 Å². The monoisotopic (exact) mass is 400 g/mol. The number of carbonyl (C=O) groups is 2. The number of rotatable bonds is 8. The maximum absolute atomic E-state index is 11.9. The van der Waals surface area contributed by atoms with Crippen molar-refractivity contribution in [1.82, 2.24) is 5.43 Å². The molecule has 0 atom stereocenters. The van der Waals surface area contributed by atoms with Crippen LogP contribution in [0.15, 0.2) is 35.4 Å². The molecule has 0 aliphatic rings. The van der Waals surface area contributed by atoms with Crippen LogP contribution in [-0.4, -0.2) is 38.9 Å². The van der Waals surface area contributed by atoms with Crippen LogP contribution in [0.1, 0.15) is 23.6 Å². The molecule has 0 unspecified atom stereocenters. The van der Waals surface area contributed by atoms with E-state index >= 15 is 0 Å². The number of esters is 1. The lowest BCUT2D eigenvalue weighted by molar-refractivity contribution is -0.132. The number of aryl methyl sites for hydroxylation is 2. The molecule has 8 nitrogen and oxygen atoms in total. The second-order valence-corrected chi connectivity index (χ2v) is 6.18. The SMILES string of the molecule is COc1cc(/C=N\NC(=O)COc2ccc(C)c(C)c2)cc(OC)c1OC(C)=O. The molecule has 2 aromatic rings. The van der Waals surface area contributed by atoms with Crippen molar-refractivity contribution in [2.45, 2.75) is 20.8 Å². The van der Waals surface area contributed by atoms with Crippen LogP contribution in [0.25, 0.3) is 0 Å². The van der Waals surface area contributed by atoms with Gasteiger partial charge in [-0.05, 0) is 49.2 Å². The van der Waals surface area contributed by atoms with E-state index in [1.165, 1.54) is 27.4 Å². The van der Waals surface area contributed by atoms with Gasteiger partial charge in [0.15, 0.2) is 18.1 Å². The Morgan fingerprint density at radius 1 is 1.03 bits per heavy atom. The zero-order valence-electron chi connectivity index (χ0n) is 17.1. The summed E-state index contributed by atoms with van der Waals surface area (Å²) < 4.78 is 21.1. The maximum atomic E-state index is 11.9. The second kappa shape index (κ2) is 10.1. The van der Waals surface area contributed by atoms with Gasteiger partial charge < -0.3 is 18.9 Å². The van der Waals surface area contributed by atoms with Gasteiger partial charge in [0.25, 0.3) is 5.91 Å². The first-order valence-electron chi connectivity index (χ1n) is 8.80. The number of benzene rings is 2. The van der Waals surface area contributed by atoms with Crippen LogP contribution in [-0.2, 0) is 9.59 Å². The highest BCUT2D eigenvalue weighted by Gasteiger charge is 2.15. The Morgan fingerprint density at radius 2 is 1.69 bits per heavy atom. The van der Waals surface area contributed by atoms with E-state index in [1.807, 2.05) is 32.0 Å². The van der Waals surface area contributed by atoms with E-state index in [-0.39, 0.29) is 12.4 Å². The van der Waals surface area contributed by atoms with Gasteiger partial charge in [0.05, 0.1) is 20.4 Å². The number of hydrogen-bond donors (Lipinski definition) is 1. The van der Waals surface area contributed by atoms with Gasteiger partial charge in [-0.15, -0.1) is 0 Å². The molecule has 0 aromatic heterocycles. The Kier molecular flexibility index (Phi) is 7.59. The van der Waals surface area contributed by atoms with Gasteiger partial charge >= 0.3 is 5.97 Å². The summed E-state index contributed by atoms with van der Waals surface area (Å²) >= 11 is 0. The van der Waals surface area contributed by atoms with Gasteiger partial charge in [-0.3, -0.25) is 9.59 Å². The summed E-state index contributed by atoms with van der Waals surface area (Å²) in [6.45, 7) is 5.09. The maximum Gasteiger partial charge on any atom is 0.308 e. The van der Waals surface area contributed by atoms with Gasteiger partial charge in [-0.2, -0.15) is 5.10 Å². The summed E-state index contributed by atoms with van der Waals surface area (Å²) in [6.07, 6.45) is 1.41.